The molecule has 4 nitrogen and oxygen atoms in total. The molecule has 7 heteroatoms. The van der Waals surface area contributed by atoms with E-state index < -0.39 is 11.7 Å². The highest BCUT2D eigenvalue weighted by Crippen LogP contribution is 2.33. The highest BCUT2D eigenvalue weighted by atomic mass is 19.4. The van der Waals surface area contributed by atoms with E-state index in [1.807, 2.05) is 6.92 Å². The van der Waals surface area contributed by atoms with Crippen LogP contribution in [-0.2, 0) is 12.7 Å². The number of nitrogens with zero attached hydrogens (tertiary/aromatic N) is 2. The van der Waals surface area contributed by atoms with Crippen LogP contribution in [0.5, 0.6) is 11.6 Å². The molecule has 0 spiro atoms. The van der Waals surface area contributed by atoms with Crippen LogP contribution in [0.4, 0.5) is 18.9 Å². The molecule has 0 aliphatic heterocycles. The maximum absolute atomic E-state index is 12.5. The summed E-state index contributed by atoms with van der Waals surface area (Å²) in [6.45, 7) is 4.35. The lowest BCUT2D eigenvalue weighted by atomic mass is 10.2. The molecule has 0 aliphatic carbocycles. The minimum Gasteiger partial charge on any atom is -0.437 e. The van der Waals surface area contributed by atoms with Gasteiger partial charge in [0.25, 0.3) is 0 Å². The minimum atomic E-state index is -4.36. The van der Waals surface area contributed by atoms with Crippen LogP contribution in [0, 0.1) is 6.92 Å². The molecule has 0 bridgehead atoms. The molecule has 0 aliphatic rings. The number of hydrogen-bond acceptors (Lipinski definition) is 3. The molecule has 2 rings (SSSR count). The van der Waals surface area contributed by atoms with Crippen molar-refractivity contribution >= 4 is 5.69 Å². The third-order valence-electron chi connectivity index (χ3n) is 2.96. The van der Waals surface area contributed by atoms with Gasteiger partial charge in [-0.25, -0.2) is 4.68 Å². The van der Waals surface area contributed by atoms with E-state index in [0.717, 1.165) is 18.6 Å². The van der Waals surface area contributed by atoms with Gasteiger partial charge in [0.1, 0.15) is 11.4 Å². The fraction of sp³-hybridized carbons (Fsp3) is 0.357. The molecule has 1 aromatic heterocycles. The third kappa shape index (κ3) is 3.29. The number of benzene rings is 1. The van der Waals surface area contributed by atoms with Gasteiger partial charge in [-0.05, 0) is 37.6 Å². The van der Waals surface area contributed by atoms with Crippen molar-refractivity contribution in [3.8, 4) is 11.6 Å². The quantitative estimate of drug-likeness (QED) is 0.928. The van der Waals surface area contributed by atoms with E-state index in [9.17, 15) is 13.2 Å². The minimum absolute atomic E-state index is 0.284. The molecule has 1 aromatic carbocycles. The van der Waals surface area contributed by atoms with E-state index in [0.29, 0.717) is 23.8 Å². The van der Waals surface area contributed by atoms with Gasteiger partial charge in [0.05, 0.1) is 11.3 Å². The lowest BCUT2D eigenvalue weighted by Crippen LogP contribution is -2.05. The number of rotatable bonds is 4. The number of halogens is 3. The molecule has 0 unspecified atom stereocenters. The molecule has 0 fully saturated rings. The fourth-order valence-electron chi connectivity index (χ4n) is 1.87. The van der Waals surface area contributed by atoms with Crippen LogP contribution in [0.2, 0.25) is 0 Å². The summed E-state index contributed by atoms with van der Waals surface area (Å²) < 4.78 is 44.7. The summed E-state index contributed by atoms with van der Waals surface area (Å²) in [4.78, 5) is 0. The average Bonchev–Trinajstić information content (AvgIpc) is 2.67. The molecular weight excluding hydrogens is 283 g/mol. The molecule has 2 aromatic rings. The molecule has 0 saturated carbocycles. The SMILES string of the molecule is CCCn1nc(C)c(N)c1Oc1ccc(C(F)(F)F)cc1. The molecular formula is C14H16F3N3O. The van der Waals surface area contributed by atoms with Gasteiger partial charge < -0.3 is 10.5 Å². The second-order valence-electron chi connectivity index (χ2n) is 4.65. The molecule has 0 radical (unpaired) electrons. The van der Waals surface area contributed by atoms with Crippen molar-refractivity contribution in [2.24, 2.45) is 0 Å². The molecule has 0 amide bonds. The normalized spacial score (nSPS) is 11.7. The Hall–Kier alpha value is -2.18. The van der Waals surface area contributed by atoms with Crippen molar-refractivity contribution in [1.82, 2.24) is 9.78 Å². The second kappa shape index (κ2) is 5.67. The van der Waals surface area contributed by atoms with Crippen molar-refractivity contribution in [2.75, 3.05) is 5.73 Å². The molecule has 2 N–H and O–H groups in total. The summed E-state index contributed by atoms with van der Waals surface area (Å²) in [7, 11) is 0. The van der Waals surface area contributed by atoms with Gasteiger partial charge >= 0.3 is 6.18 Å². The van der Waals surface area contributed by atoms with Crippen LogP contribution < -0.4 is 10.5 Å². The number of hydrogen-bond donors (Lipinski definition) is 1. The number of nitrogen functional groups attached to an aromatic ring is 1. The first-order chi connectivity index (χ1) is 9.82. The zero-order valence-corrected chi connectivity index (χ0v) is 11.7. The van der Waals surface area contributed by atoms with Crippen LogP contribution in [0.25, 0.3) is 0 Å². The first kappa shape index (κ1) is 15.2. The van der Waals surface area contributed by atoms with Crippen molar-refractivity contribution in [3.05, 3.63) is 35.5 Å². The Kier molecular flexibility index (Phi) is 4.11. The van der Waals surface area contributed by atoms with Gasteiger partial charge in [-0.1, -0.05) is 6.92 Å². The number of nitrogens with two attached hydrogens (primary N) is 1. The maximum Gasteiger partial charge on any atom is 0.416 e. The summed E-state index contributed by atoms with van der Waals surface area (Å²) in [5.74, 6) is 0.640. The Labute approximate surface area is 120 Å². The van der Waals surface area contributed by atoms with Gasteiger partial charge in [0.15, 0.2) is 0 Å². The highest BCUT2D eigenvalue weighted by molar-refractivity contribution is 5.54. The van der Waals surface area contributed by atoms with Crippen LogP contribution in [0.3, 0.4) is 0 Å². The van der Waals surface area contributed by atoms with Gasteiger partial charge in [-0.15, -0.1) is 0 Å². The Balaban J connectivity index is 2.26. The van der Waals surface area contributed by atoms with Crippen molar-refractivity contribution in [2.45, 2.75) is 33.0 Å². The van der Waals surface area contributed by atoms with Crippen LogP contribution in [0.1, 0.15) is 24.6 Å². The standard InChI is InChI=1S/C14H16F3N3O/c1-3-8-20-13(12(18)9(2)19-20)21-11-6-4-10(5-7-11)14(15,16)17/h4-7H,3,8,18H2,1-2H3. The highest BCUT2D eigenvalue weighted by Gasteiger charge is 2.30. The smallest absolute Gasteiger partial charge is 0.416 e. The van der Waals surface area contributed by atoms with Gasteiger partial charge in [0.2, 0.25) is 5.88 Å². The summed E-state index contributed by atoms with van der Waals surface area (Å²) in [5.41, 5.74) is 6.19. The first-order valence-corrected chi connectivity index (χ1v) is 6.51. The van der Waals surface area contributed by atoms with Crippen LogP contribution in [-0.4, -0.2) is 9.78 Å². The van der Waals surface area contributed by atoms with E-state index >= 15 is 0 Å². The summed E-state index contributed by atoms with van der Waals surface area (Å²) in [6, 6.07) is 4.47. The average molecular weight is 299 g/mol. The molecule has 114 valence electrons. The van der Waals surface area contributed by atoms with E-state index in [-0.39, 0.29) is 5.75 Å². The number of aryl methyl sites for hydroxylation is 2. The van der Waals surface area contributed by atoms with Gasteiger partial charge in [0, 0.05) is 6.54 Å². The number of alkyl halides is 3. The van der Waals surface area contributed by atoms with Crippen LogP contribution in [0.15, 0.2) is 24.3 Å². The largest absolute Gasteiger partial charge is 0.437 e. The molecule has 21 heavy (non-hydrogen) atoms. The van der Waals surface area contributed by atoms with Crippen LogP contribution >= 0.6 is 0 Å². The first-order valence-electron chi connectivity index (χ1n) is 6.51. The summed E-state index contributed by atoms with van der Waals surface area (Å²) in [5, 5.41) is 4.24. The second-order valence-corrected chi connectivity index (χ2v) is 4.65. The molecule has 1 heterocycles. The Morgan fingerprint density at radius 2 is 1.86 bits per heavy atom. The summed E-state index contributed by atoms with van der Waals surface area (Å²) >= 11 is 0. The Morgan fingerprint density at radius 1 is 1.24 bits per heavy atom. The lowest BCUT2D eigenvalue weighted by Gasteiger charge is -2.10. The number of ether oxygens (including phenoxy) is 1. The maximum atomic E-state index is 12.5. The lowest BCUT2D eigenvalue weighted by molar-refractivity contribution is -0.137. The van der Waals surface area contributed by atoms with Gasteiger partial charge in [-0.2, -0.15) is 18.3 Å². The summed E-state index contributed by atoms with van der Waals surface area (Å²) in [6.07, 6.45) is -3.53. The number of aromatic nitrogens is 2. The van der Waals surface area contributed by atoms with E-state index in [4.69, 9.17) is 10.5 Å². The topological polar surface area (TPSA) is 53.1 Å². The predicted octanol–water partition coefficient (Wildman–Crippen LogP) is 3.99. The van der Waals surface area contributed by atoms with Crippen molar-refractivity contribution in [1.29, 1.82) is 0 Å². The van der Waals surface area contributed by atoms with E-state index in [1.165, 1.54) is 12.1 Å². The number of anilines is 1. The van der Waals surface area contributed by atoms with Gasteiger partial charge in [-0.3, -0.25) is 0 Å². The molecule has 0 saturated heterocycles. The monoisotopic (exact) mass is 299 g/mol. The Bertz CT molecular complexity index is 618. The zero-order chi connectivity index (χ0) is 15.6. The zero-order valence-electron chi connectivity index (χ0n) is 11.7. The predicted molar refractivity (Wildman–Crippen MR) is 73.2 cm³/mol. The van der Waals surface area contributed by atoms with E-state index in [2.05, 4.69) is 5.10 Å². The van der Waals surface area contributed by atoms with Crippen molar-refractivity contribution < 1.29 is 17.9 Å². The Morgan fingerprint density at radius 3 is 2.38 bits per heavy atom. The fourth-order valence-corrected chi connectivity index (χ4v) is 1.87. The van der Waals surface area contributed by atoms with Crippen molar-refractivity contribution in [3.63, 3.8) is 0 Å². The third-order valence-corrected chi connectivity index (χ3v) is 2.96. The molecule has 0 atom stereocenters. The van der Waals surface area contributed by atoms with E-state index in [1.54, 1.807) is 11.6 Å².